The van der Waals surface area contributed by atoms with Crippen LogP contribution in [0.2, 0.25) is 0 Å². The Morgan fingerprint density at radius 3 is 2.36 bits per heavy atom. The second-order valence-corrected chi connectivity index (χ2v) is 9.85. The molecule has 0 bridgehead atoms. The third-order valence-corrected chi connectivity index (χ3v) is 7.49. The molecule has 0 spiro atoms. The van der Waals surface area contributed by atoms with E-state index in [9.17, 15) is 13.2 Å². The molecular weight excluding hydrogens is 467 g/mol. The van der Waals surface area contributed by atoms with Gasteiger partial charge in [0.25, 0.3) is 0 Å². The molecule has 1 aliphatic heterocycles. The number of ether oxygens (including phenoxy) is 3. The van der Waals surface area contributed by atoms with Crippen LogP contribution in [0.1, 0.15) is 42.0 Å². The highest BCUT2D eigenvalue weighted by Crippen LogP contribution is 2.40. The zero-order valence-corrected chi connectivity index (χ0v) is 21.0. The Balaban J connectivity index is 1.63. The lowest BCUT2D eigenvalue weighted by atomic mass is 9.73. The standard InChI is InChI=1S/C29H34F3NO3/c1-27(18-25(34-2)9-10-26(27)35-3)23-15-21(16-24(17-23)29(30,31)32)19-36-20-28(11-13-33-14-12-28)22-7-5-4-6-8-22/h4-10,15-18,26,33H,11-14,19-20H2,1-3H3. The van der Waals surface area contributed by atoms with Crippen molar-refractivity contribution in [3.05, 3.63) is 94.8 Å². The van der Waals surface area contributed by atoms with Crippen molar-refractivity contribution in [3.8, 4) is 0 Å². The van der Waals surface area contributed by atoms with Gasteiger partial charge in [0, 0.05) is 17.9 Å². The quantitative estimate of drug-likeness (QED) is 0.488. The fraction of sp³-hybridized carbons (Fsp3) is 0.448. The average Bonchev–Trinajstić information content (AvgIpc) is 2.89. The van der Waals surface area contributed by atoms with Gasteiger partial charge in [0.05, 0.1) is 32.0 Å². The van der Waals surface area contributed by atoms with Gasteiger partial charge in [-0.25, -0.2) is 0 Å². The molecule has 194 valence electrons. The van der Waals surface area contributed by atoms with Gasteiger partial charge in [-0.3, -0.25) is 0 Å². The Morgan fingerprint density at radius 2 is 1.72 bits per heavy atom. The second kappa shape index (κ2) is 10.8. The van der Waals surface area contributed by atoms with Gasteiger partial charge in [-0.2, -0.15) is 13.2 Å². The van der Waals surface area contributed by atoms with Crippen molar-refractivity contribution >= 4 is 0 Å². The van der Waals surface area contributed by atoms with Crippen LogP contribution in [0.3, 0.4) is 0 Å². The predicted molar refractivity (Wildman–Crippen MR) is 134 cm³/mol. The Bertz CT molecular complexity index is 1090. The summed E-state index contributed by atoms with van der Waals surface area (Å²) in [5, 5.41) is 3.39. The van der Waals surface area contributed by atoms with E-state index in [1.54, 1.807) is 26.4 Å². The third kappa shape index (κ3) is 5.53. The highest BCUT2D eigenvalue weighted by Gasteiger charge is 2.39. The van der Waals surface area contributed by atoms with Crippen molar-refractivity contribution in [2.75, 3.05) is 33.9 Å². The molecule has 1 heterocycles. The van der Waals surface area contributed by atoms with Gasteiger partial charge < -0.3 is 19.5 Å². The second-order valence-electron chi connectivity index (χ2n) is 9.85. The van der Waals surface area contributed by atoms with Crippen LogP contribution in [-0.2, 0) is 37.8 Å². The lowest BCUT2D eigenvalue weighted by molar-refractivity contribution is -0.137. The third-order valence-electron chi connectivity index (χ3n) is 7.49. The largest absolute Gasteiger partial charge is 0.497 e. The summed E-state index contributed by atoms with van der Waals surface area (Å²) in [6, 6.07) is 14.4. The summed E-state index contributed by atoms with van der Waals surface area (Å²) < 4.78 is 59.0. The number of hydrogen-bond acceptors (Lipinski definition) is 4. The van der Waals surface area contributed by atoms with Crippen molar-refractivity contribution < 1.29 is 27.4 Å². The number of halogens is 3. The number of alkyl halides is 3. The molecule has 2 aromatic carbocycles. The lowest BCUT2D eigenvalue weighted by Gasteiger charge is -2.38. The van der Waals surface area contributed by atoms with Crippen LogP contribution in [0.15, 0.2) is 72.5 Å². The smallest absolute Gasteiger partial charge is 0.416 e. The Labute approximate surface area is 211 Å². The first-order valence-electron chi connectivity index (χ1n) is 12.2. The number of allylic oxidation sites excluding steroid dienone is 1. The fourth-order valence-electron chi connectivity index (χ4n) is 5.33. The van der Waals surface area contributed by atoms with Gasteiger partial charge in [-0.1, -0.05) is 42.5 Å². The van der Waals surface area contributed by atoms with E-state index in [4.69, 9.17) is 14.2 Å². The van der Waals surface area contributed by atoms with Gasteiger partial charge >= 0.3 is 6.18 Å². The summed E-state index contributed by atoms with van der Waals surface area (Å²) in [5.74, 6) is 0.580. The SMILES string of the molecule is COC1=CC(C)(c2cc(COCC3(c4ccccc4)CCNCC3)cc(C(F)(F)F)c2)C(OC)C=C1. The molecular formula is C29H34F3NO3. The maximum absolute atomic E-state index is 13.9. The molecule has 1 saturated heterocycles. The highest BCUT2D eigenvalue weighted by atomic mass is 19.4. The molecule has 0 aromatic heterocycles. The number of nitrogens with one attached hydrogen (secondary N) is 1. The summed E-state index contributed by atoms with van der Waals surface area (Å²) >= 11 is 0. The molecule has 7 heteroatoms. The van der Waals surface area contributed by atoms with Gasteiger partial charge in [0.2, 0.25) is 0 Å². The molecule has 2 unspecified atom stereocenters. The van der Waals surface area contributed by atoms with Crippen molar-refractivity contribution in [1.29, 1.82) is 0 Å². The Kier molecular flexibility index (Phi) is 7.93. The summed E-state index contributed by atoms with van der Waals surface area (Å²) in [6.07, 6.45) is 2.31. The van der Waals surface area contributed by atoms with Crippen LogP contribution in [-0.4, -0.2) is 40.0 Å². The normalized spacial score (nSPS) is 23.8. The Morgan fingerprint density at radius 1 is 1.00 bits per heavy atom. The van der Waals surface area contributed by atoms with Crippen LogP contribution >= 0.6 is 0 Å². The van der Waals surface area contributed by atoms with Crippen LogP contribution in [0.4, 0.5) is 13.2 Å². The molecule has 2 aromatic rings. The molecule has 0 radical (unpaired) electrons. The average molecular weight is 502 g/mol. The van der Waals surface area contributed by atoms with Crippen molar-refractivity contribution in [1.82, 2.24) is 5.32 Å². The van der Waals surface area contributed by atoms with E-state index in [1.807, 2.05) is 37.3 Å². The minimum atomic E-state index is -4.48. The summed E-state index contributed by atoms with van der Waals surface area (Å²) in [7, 11) is 3.09. The fourth-order valence-corrected chi connectivity index (χ4v) is 5.33. The van der Waals surface area contributed by atoms with Crippen LogP contribution in [0.25, 0.3) is 0 Å². The topological polar surface area (TPSA) is 39.7 Å². The summed E-state index contributed by atoms with van der Waals surface area (Å²) in [4.78, 5) is 0. The predicted octanol–water partition coefficient (Wildman–Crippen LogP) is 5.92. The maximum Gasteiger partial charge on any atom is 0.416 e. The van der Waals surface area contributed by atoms with E-state index in [2.05, 4.69) is 17.4 Å². The van der Waals surface area contributed by atoms with Gasteiger partial charge in [-0.15, -0.1) is 0 Å². The van der Waals surface area contributed by atoms with Crippen molar-refractivity contribution in [3.63, 3.8) is 0 Å². The number of rotatable bonds is 8. The Hall–Kier alpha value is -2.61. The number of methoxy groups -OCH3 is 2. The summed E-state index contributed by atoms with van der Waals surface area (Å²) in [5.41, 5.74) is 0.491. The van der Waals surface area contributed by atoms with E-state index in [-0.39, 0.29) is 12.0 Å². The van der Waals surface area contributed by atoms with Gasteiger partial charge in [-0.05, 0) is 73.8 Å². The van der Waals surface area contributed by atoms with E-state index >= 15 is 0 Å². The van der Waals surface area contributed by atoms with Crippen LogP contribution < -0.4 is 5.32 Å². The van der Waals surface area contributed by atoms with Crippen LogP contribution in [0, 0.1) is 0 Å². The van der Waals surface area contributed by atoms with E-state index in [0.717, 1.165) is 25.9 Å². The highest BCUT2D eigenvalue weighted by molar-refractivity contribution is 5.44. The van der Waals surface area contributed by atoms with E-state index in [0.29, 0.717) is 23.5 Å². The molecule has 36 heavy (non-hydrogen) atoms. The van der Waals surface area contributed by atoms with Crippen LogP contribution in [0.5, 0.6) is 0 Å². The first-order valence-corrected chi connectivity index (χ1v) is 12.2. The molecule has 2 atom stereocenters. The zero-order valence-electron chi connectivity index (χ0n) is 21.0. The van der Waals surface area contributed by atoms with E-state index in [1.165, 1.54) is 17.7 Å². The van der Waals surface area contributed by atoms with Gasteiger partial charge in [0.15, 0.2) is 0 Å². The van der Waals surface area contributed by atoms with Gasteiger partial charge in [0.1, 0.15) is 5.76 Å². The minimum absolute atomic E-state index is 0.0867. The maximum atomic E-state index is 13.9. The molecule has 2 aliphatic rings. The molecule has 0 amide bonds. The molecule has 1 fully saturated rings. The molecule has 4 nitrogen and oxygen atoms in total. The molecule has 4 rings (SSSR count). The molecule has 1 aliphatic carbocycles. The van der Waals surface area contributed by atoms with Crippen molar-refractivity contribution in [2.24, 2.45) is 0 Å². The molecule has 0 saturated carbocycles. The first-order chi connectivity index (χ1) is 17.2. The number of piperidine rings is 1. The monoisotopic (exact) mass is 501 g/mol. The lowest BCUT2D eigenvalue weighted by Crippen LogP contribution is -2.43. The number of benzene rings is 2. The molecule has 1 N–H and O–H groups in total. The van der Waals surface area contributed by atoms with Crippen molar-refractivity contribution in [2.45, 2.75) is 49.5 Å². The minimum Gasteiger partial charge on any atom is -0.497 e. The summed E-state index contributed by atoms with van der Waals surface area (Å²) in [6.45, 7) is 4.15. The zero-order chi connectivity index (χ0) is 25.8. The number of hydrogen-bond donors (Lipinski definition) is 1. The first kappa shape index (κ1) is 26.5. The van der Waals surface area contributed by atoms with E-state index < -0.39 is 23.3 Å².